The fraction of sp³-hybridized carbons (Fsp3) is 0.143. The Morgan fingerprint density at radius 2 is 1.78 bits per heavy atom. The Morgan fingerprint density at radius 1 is 1.11 bits per heavy atom. The second-order valence-corrected chi connectivity index (χ2v) is 3.83. The first-order chi connectivity index (χ1) is 8.69. The van der Waals surface area contributed by atoms with Crippen molar-refractivity contribution >= 4 is 17.1 Å². The minimum atomic E-state index is -0.378. The van der Waals surface area contributed by atoms with Crippen LogP contribution in [0.25, 0.3) is 0 Å². The minimum Gasteiger partial charge on any atom is -0.491 e. The van der Waals surface area contributed by atoms with Gasteiger partial charge in [0.1, 0.15) is 0 Å². The molecule has 4 heteroatoms. The SMILES string of the molecule is CCOc1ccc(Nc2ccc(N)cc2)cc1F. The summed E-state index contributed by atoms with van der Waals surface area (Å²) in [4.78, 5) is 0. The molecule has 0 saturated carbocycles. The third-order valence-corrected chi connectivity index (χ3v) is 2.43. The molecule has 0 heterocycles. The maximum absolute atomic E-state index is 13.6. The Labute approximate surface area is 105 Å². The fourth-order valence-electron chi connectivity index (χ4n) is 1.58. The molecule has 3 nitrogen and oxygen atoms in total. The molecule has 18 heavy (non-hydrogen) atoms. The zero-order chi connectivity index (χ0) is 13.0. The summed E-state index contributed by atoms with van der Waals surface area (Å²) in [6.07, 6.45) is 0. The highest BCUT2D eigenvalue weighted by Gasteiger charge is 2.04. The number of hydrogen-bond donors (Lipinski definition) is 2. The lowest BCUT2D eigenvalue weighted by Crippen LogP contribution is -1.96. The number of rotatable bonds is 4. The summed E-state index contributed by atoms with van der Waals surface area (Å²) in [6.45, 7) is 2.27. The van der Waals surface area contributed by atoms with Crippen LogP contribution >= 0.6 is 0 Å². The average Bonchev–Trinajstić information content (AvgIpc) is 2.36. The predicted molar refractivity (Wildman–Crippen MR) is 71.7 cm³/mol. The van der Waals surface area contributed by atoms with Gasteiger partial charge in [0.05, 0.1) is 6.61 Å². The topological polar surface area (TPSA) is 47.3 Å². The van der Waals surface area contributed by atoms with Crippen LogP contribution in [-0.2, 0) is 0 Å². The first kappa shape index (κ1) is 12.2. The Balaban J connectivity index is 2.14. The van der Waals surface area contributed by atoms with Crippen molar-refractivity contribution in [1.29, 1.82) is 0 Å². The highest BCUT2D eigenvalue weighted by molar-refractivity contribution is 5.62. The lowest BCUT2D eigenvalue weighted by atomic mass is 10.2. The number of nitrogens with one attached hydrogen (secondary N) is 1. The summed E-state index contributed by atoms with van der Waals surface area (Å²) in [5.74, 6) is -0.113. The van der Waals surface area contributed by atoms with Crippen LogP contribution in [0.4, 0.5) is 21.5 Å². The van der Waals surface area contributed by atoms with Crippen molar-refractivity contribution in [3.05, 3.63) is 48.3 Å². The third kappa shape index (κ3) is 2.91. The van der Waals surface area contributed by atoms with Crippen LogP contribution in [-0.4, -0.2) is 6.61 Å². The first-order valence-electron chi connectivity index (χ1n) is 5.74. The average molecular weight is 246 g/mol. The molecular formula is C14H15FN2O. The van der Waals surface area contributed by atoms with Crippen molar-refractivity contribution in [2.75, 3.05) is 17.7 Å². The van der Waals surface area contributed by atoms with Crippen molar-refractivity contribution in [3.8, 4) is 5.75 Å². The zero-order valence-electron chi connectivity index (χ0n) is 10.1. The van der Waals surface area contributed by atoms with E-state index in [0.29, 0.717) is 18.0 Å². The van der Waals surface area contributed by atoms with Gasteiger partial charge in [0.25, 0.3) is 0 Å². The van der Waals surface area contributed by atoms with Crippen LogP contribution in [0.3, 0.4) is 0 Å². The highest BCUT2D eigenvalue weighted by atomic mass is 19.1. The molecule has 0 aliphatic carbocycles. The van der Waals surface area contributed by atoms with Gasteiger partial charge in [-0.05, 0) is 43.3 Å². The van der Waals surface area contributed by atoms with Gasteiger partial charge in [-0.3, -0.25) is 0 Å². The molecule has 0 amide bonds. The van der Waals surface area contributed by atoms with E-state index in [1.165, 1.54) is 6.07 Å². The van der Waals surface area contributed by atoms with E-state index in [0.717, 1.165) is 5.69 Å². The van der Waals surface area contributed by atoms with E-state index in [-0.39, 0.29) is 11.6 Å². The van der Waals surface area contributed by atoms with E-state index in [9.17, 15) is 4.39 Å². The van der Waals surface area contributed by atoms with Gasteiger partial charge >= 0.3 is 0 Å². The molecule has 0 spiro atoms. The molecular weight excluding hydrogens is 231 g/mol. The number of benzene rings is 2. The normalized spacial score (nSPS) is 10.1. The molecule has 0 saturated heterocycles. The van der Waals surface area contributed by atoms with E-state index in [1.54, 1.807) is 24.3 Å². The van der Waals surface area contributed by atoms with Gasteiger partial charge in [-0.25, -0.2) is 4.39 Å². The van der Waals surface area contributed by atoms with Gasteiger partial charge in [-0.2, -0.15) is 0 Å². The van der Waals surface area contributed by atoms with Crippen molar-refractivity contribution in [3.63, 3.8) is 0 Å². The molecule has 0 atom stereocenters. The molecule has 0 fully saturated rings. The fourth-order valence-corrected chi connectivity index (χ4v) is 1.58. The van der Waals surface area contributed by atoms with Crippen LogP contribution in [0.15, 0.2) is 42.5 Å². The second kappa shape index (κ2) is 5.40. The second-order valence-electron chi connectivity index (χ2n) is 3.83. The molecule has 2 rings (SSSR count). The molecule has 2 aromatic rings. The number of nitrogens with two attached hydrogens (primary N) is 1. The van der Waals surface area contributed by atoms with E-state index in [2.05, 4.69) is 5.32 Å². The monoisotopic (exact) mass is 246 g/mol. The number of halogens is 1. The third-order valence-electron chi connectivity index (χ3n) is 2.43. The van der Waals surface area contributed by atoms with E-state index in [1.807, 2.05) is 19.1 Å². The van der Waals surface area contributed by atoms with Crippen LogP contribution in [0.2, 0.25) is 0 Å². The van der Waals surface area contributed by atoms with Gasteiger partial charge in [-0.15, -0.1) is 0 Å². The van der Waals surface area contributed by atoms with Crippen molar-refractivity contribution in [1.82, 2.24) is 0 Å². The van der Waals surface area contributed by atoms with Crippen LogP contribution in [0.5, 0.6) is 5.75 Å². The van der Waals surface area contributed by atoms with Crippen LogP contribution in [0, 0.1) is 5.82 Å². The summed E-state index contributed by atoms with van der Waals surface area (Å²) in [7, 11) is 0. The maximum atomic E-state index is 13.6. The number of nitrogen functional groups attached to an aromatic ring is 1. The van der Waals surface area contributed by atoms with Crippen molar-refractivity contribution in [2.24, 2.45) is 0 Å². The quantitative estimate of drug-likeness (QED) is 0.811. The van der Waals surface area contributed by atoms with Gasteiger partial charge in [0, 0.05) is 23.1 Å². The largest absolute Gasteiger partial charge is 0.491 e. The zero-order valence-corrected chi connectivity index (χ0v) is 10.1. The van der Waals surface area contributed by atoms with E-state index < -0.39 is 0 Å². The smallest absolute Gasteiger partial charge is 0.167 e. The summed E-state index contributed by atoms with van der Waals surface area (Å²) in [6, 6.07) is 12.0. The Morgan fingerprint density at radius 3 is 2.39 bits per heavy atom. The summed E-state index contributed by atoms with van der Waals surface area (Å²) in [5.41, 5.74) is 7.81. The van der Waals surface area contributed by atoms with Gasteiger partial charge in [0.15, 0.2) is 11.6 Å². The van der Waals surface area contributed by atoms with Gasteiger partial charge in [0.2, 0.25) is 0 Å². The molecule has 94 valence electrons. The standard InChI is InChI=1S/C14H15FN2O/c1-2-18-14-8-7-12(9-13(14)15)17-11-5-3-10(16)4-6-11/h3-9,17H,2,16H2,1H3. The van der Waals surface area contributed by atoms with E-state index in [4.69, 9.17) is 10.5 Å². The number of hydrogen-bond acceptors (Lipinski definition) is 3. The van der Waals surface area contributed by atoms with Gasteiger partial charge in [-0.1, -0.05) is 0 Å². The first-order valence-corrected chi connectivity index (χ1v) is 5.74. The van der Waals surface area contributed by atoms with E-state index >= 15 is 0 Å². The number of ether oxygens (including phenoxy) is 1. The highest BCUT2D eigenvalue weighted by Crippen LogP contribution is 2.24. The summed E-state index contributed by atoms with van der Waals surface area (Å²) < 4.78 is 18.8. The van der Waals surface area contributed by atoms with Crippen LogP contribution < -0.4 is 15.8 Å². The Bertz CT molecular complexity index is 526. The lowest BCUT2D eigenvalue weighted by molar-refractivity contribution is 0.321. The molecule has 0 aliphatic rings. The molecule has 0 radical (unpaired) electrons. The molecule has 0 aliphatic heterocycles. The molecule has 0 aromatic heterocycles. The molecule has 0 bridgehead atoms. The molecule has 3 N–H and O–H groups in total. The van der Waals surface area contributed by atoms with Crippen LogP contribution in [0.1, 0.15) is 6.92 Å². The van der Waals surface area contributed by atoms with Gasteiger partial charge < -0.3 is 15.8 Å². The molecule has 0 unspecified atom stereocenters. The summed E-state index contributed by atoms with van der Waals surface area (Å²) >= 11 is 0. The van der Waals surface area contributed by atoms with Crippen molar-refractivity contribution in [2.45, 2.75) is 6.92 Å². The maximum Gasteiger partial charge on any atom is 0.167 e. The minimum absolute atomic E-state index is 0.264. The molecule has 2 aromatic carbocycles. The van der Waals surface area contributed by atoms with Crippen molar-refractivity contribution < 1.29 is 9.13 Å². The number of anilines is 3. The Kier molecular flexibility index (Phi) is 3.67. The predicted octanol–water partition coefficient (Wildman–Crippen LogP) is 3.55. The summed E-state index contributed by atoms with van der Waals surface area (Å²) in [5, 5.41) is 3.09. The Hall–Kier alpha value is -2.23. The lowest BCUT2D eigenvalue weighted by Gasteiger charge is -2.09.